The maximum atomic E-state index is 12.8. The summed E-state index contributed by atoms with van der Waals surface area (Å²) in [5, 5.41) is 3.02. The first-order chi connectivity index (χ1) is 13.8. The first-order valence-electron chi connectivity index (χ1n) is 11.8. The zero-order chi connectivity index (χ0) is 21.9. The van der Waals surface area contributed by atoms with E-state index >= 15 is 0 Å². The summed E-state index contributed by atoms with van der Waals surface area (Å²) >= 11 is 0. The highest BCUT2D eigenvalue weighted by atomic mass is 16.2. The largest absolute Gasteiger partial charge is 0.345 e. The van der Waals surface area contributed by atoms with E-state index in [0.29, 0.717) is 0 Å². The summed E-state index contributed by atoms with van der Waals surface area (Å²) < 4.78 is 0. The Morgan fingerprint density at radius 1 is 0.793 bits per heavy atom. The summed E-state index contributed by atoms with van der Waals surface area (Å²) in [5.41, 5.74) is -0.319. The highest BCUT2D eigenvalue weighted by Crippen LogP contribution is 2.27. The van der Waals surface area contributed by atoms with Crippen molar-refractivity contribution in [3.8, 4) is 0 Å². The van der Waals surface area contributed by atoms with Crippen LogP contribution in [-0.4, -0.2) is 26.4 Å². The Hall–Kier alpha value is -1.52. The molecule has 29 heavy (non-hydrogen) atoms. The van der Waals surface area contributed by atoms with Gasteiger partial charge in [-0.25, -0.2) is 15.0 Å². The van der Waals surface area contributed by atoms with Gasteiger partial charge < -0.3 is 5.32 Å². The molecular formula is C24H44N4O. The second-order valence-corrected chi connectivity index (χ2v) is 9.28. The van der Waals surface area contributed by atoms with E-state index in [1.165, 1.54) is 38.5 Å². The van der Waals surface area contributed by atoms with Crippen molar-refractivity contribution in [1.82, 2.24) is 20.3 Å². The molecule has 0 aromatic carbocycles. The minimum Gasteiger partial charge on any atom is -0.345 e. The van der Waals surface area contributed by atoms with E-state index in [4.69, 9.17) is 4.98 Å². The standard InChI is InChI=1S/C24H44N4O/c1-8-12-14-16-18(10-3)20-25-21(19(11-4)17-15-13-9-2)27-22(26-20)23(29)28-24(5,6)7/h18-19H,8-17H2,1-7H3,(H,28,29). The van der Waals surface area contributed by atoms with Crippen molar-refractivity contribution in [2.24, 2.45) is 0 Å². The number of aromatic nitrogens is 3. The Balaban J connectivity index is 3.24. The normalized spacial score (nSPS) is 13.9. The van der Waals surface area contributed by atoms with Gasteiger partial charge in [-0.2, -0.15) is 0 Å². The van der Waals surface area contributed by atoms with Crippen molar-refractivity contribution in [3.05, 3.63) is 17.5 Å². The summed E-state index contributed by atoms with van der Waals surface area (Å²) in [6.07, 6.45) is 11.3. The van der Waals surface area contributed by atoms with Gasteiger partial charge in [0.15, 0.2) is 0 Å². The minimum absolute atomic E-state index is 0.200. The van der Waals surface area contributed by atoms with Crippen LogP contribution in [0.4, 0.5) is 0 Å². The average molecular weight is 405 g/mol. The van der Waals surface area contributed by atoms with Crippen molar-refractivity contribution in [2.45, 2.75) is 130 Å². The van der Waals surface area contributed by atoms with Crippen molar-refractivity contribution < 1.29 is 4.79 Å². The van der Waals surface area contributed by atoms with E-state index in [2.05, 4.69) is 43.0 Å². The summed E-state index contributed by atoms with van der Waals surface area (Å²) in [6.45, 7) is 14.8. The van der Waals surface area contributed by atoms with Crippen molar-refractivity contribution >= 4 is 5.91 Å². The van der Waals surface area contributed by atoms with Gasteiger partial charge in [-0.15, -0.1) is 0 Å². The molecule has 2 atom stereocenters. The molecule has 1 amide bonds. The van der Waals surface area contributed by atoms with Gasteiger partial charge in [-0.1, -0.05) is 66.2 Å². The lowest BCUT2D eigenvalue weighted by Gasteiger charge is -2.22. The number of amides is 1. The van der Waals surface area contributed by atoms with Crippen LogP contribution in [0.5, 0.6) is 0 Å². The van der Waals surface area contributed by atoms with Gasteiger partial charge in [0.25, 0.3) is 5.91 Å². The van der Waals surface area contributed by atoms with Crippen LogP contribution in [0.15, 0.2) is 0 Å². The molecule has 1 aromatic heterocycles. The Bertz CT molecular complexity index is 573. The number of unbranched alkanes of at least 4 members (excludes halogenated alkanes) is 4. The van der Waals surface area contributed by atoms with Gasteiger partial charge in [0.2, 0.25) is 5.82 Å². The lowest BCUT2D eigenvalue weighted by Crippen LogP contribution is -2.41. The Kier molecular flexibility index (Phi) is 11.4. The van der Waals surface area contributed by atoms with Gasteiger partial charge >= 0.3 is 0 Å². The number of nitrogens with zero attached hydrogens (tertiary/aromatic N) is 3. The molecule has 0 spiro atoms. The quantitative estimate of drug-likeness (QED) is 0.379. The van der Waals surface area contributed by atoms with Crippen LogP contribution in [-0.2, 0) is 0 Å². The van der Waals surface area contributed by atoms with Gasteiger partial charge in [-0.05, 0) is 46.5 Å². The molecule has 0 saturated heterocycles. The number of nitrogens with one attached hydrogen (secondary N) is 1. The van der Waals surface area contributed by atoms with E-state index in [1.54, 1.807) is 0 Å². The smallest absolute Gasteiger partial charge is 0.289 e. The number of hydrogen-bond donors (Lipinski definition) is 1. The molecule has 0 aliphatic carbocycles. The van der Waals surface area contributed by atoms with Gasteiger partial charge in [0.1, 0.15) is 11.6 Å². The molecule has 0 saturated carbocycles. The fourth-order valence-corrected chi connectivity index (χ4v) is 3.59. The maximum absolute atomic E-state index is 12.8. The lowest BCUT2D eigenvalue weighted by atomic mass is 9.96. The fourth-order valence-electron chi connectivity index (χ4n) is 3.59. The third-order valence-corrected chi connectivity index (χ3v) is 5.39. The average Bonchev–Trinajstić information content (AvgIpc) is 2.67. The van der Waals surface area contributed by atoms with Crippen LogP contribution in [0.3, 0.4) is 0 Å². The van der Waals surface area contributed by atoms with Gasteiger partial charge in [0.05, 0.1) is 0 Å². The summed E-state index contributed by atoms with van der Waals surface area (Å²) in [6, 6.07) is 0. The molecule has 5 heteroatoms. The summed E-state index contributed by atoms with van der Waals surface area (Å²) in [5.74, 6) is 2.27. The second kappa shape index (κ2) is 12.9. The van der Waals surface area contributed by atoms with Crippen LogP contribution in [0, 0.1) is 0 Å². The molecule has 0 aliphatic heterocycles. The first kappa shape index (κ1) is 25.5. The zero-order valence-electron chi connectivity index (χ0n) is 20.0. The molecule has 2 unspecified atom stereocenters. The second-order valence-electron chi connectivity index (χ2n) is 9.28. The summed E-state index contributed by atoms with van der Waals surface area (Å²) in [7, 11) is 0. The Labute approximate surface area is 178 Å². The molecule has 1 rings (SSSR count). The Morgan fingerprint density at radius 2 is 1.24 bits per heavy atom. The Morgan fingerprint density at radius 3 is 1.59 bits per heavy atom. The number of rotatable bonds is 13. The van der Waals surface area contributed by atoms with Crippen molar-refractivity contribution in [1.29, 1.82) is 0 Å². The maximum Gasteiger partial charge on any atom is 0.289 e. The molecule has 5 nitrogen and oxygen atoms in total. The van der Waals surface area contributed by atoms with Crippen LogP contribution < -0.4 is 5.32 Å². The van der Waals surface area contributed by atoms with Crippen LogP contribution in [0.1, 0.15) is 147 Å². The number of carbonyl (C=O) groups excluding carboxylic acids is 1. The zero-order valence-corrected chi connectivity index (χ0v) is 20.0. The van der Waals surface area contributed by atoms with Crippen LogP contribution in [0.25, 0.3) is 0 Å². The third-order valence-electron chi connectivity index (χ3n) is 5.39. The van der Waals surface area contributed by atoms with Crippen LogP contribution in [0.2, 0.25) is 0 Å². The van der Waals surface area contributed by atoms with E-state index in [1.807, 2.05) is 20.8 Å². The highest BCUT2D eigenvalue weighted by molar-refractivity contribution is 5.90. The van der Waals surface area contributed by atoms with E-state index in [-0.39, 0.29) is 29.1 Å². The monoisotopic (exact) mass is 404 g/mol. The number of hydrogen-bond acceptors (Lipinski definition) is 4. The summed E-state index contributed by atoms with van der Waals surface area (Å²) in [4.78, 5) is 27.0. The molecule has 1 aromatic rings. The van der Waals surface area contributed by atoms with Crippen molar-refractivity contribution in [2.75, 3.05) is 0 Å². The molecule has 0 bridgehead atoms. The van der Waals surface area contributed by atoms with Crippen LogP contribution >= 0.6 is 0 Å². The molecule has 0 aliphatic rings. The minimum atomic E-state index is -0.319. The van der Waals surface area contributed by atoms with Gasteiger partial charge in [0, 0.05) is 17.4 Å². The van der Waals surface area contributed by atoms with Crippen molar-refractivity contribution in [3.63, 3.8) is 0 Å². The molecule has 0 radical (unpaired) electrons. The number of carbonyl (C=O) groups is 1. The molecule has 1 heterocycles. The van der Waals surface area contributed by atoms with E-state index < -0.39 is 0 Å². The first-order valence-corrected chi connectivity index (χ1v) is 11.8. The molecule has 0 fully saturated rings. The predicted octanol–water partition coefficient (Wildman–Crippen LogP) is 6.55. The predicted molar refractivity (Wildman–Crippen MR) is 121 cm³/mol. The third kappa shape index (κ3) is 9.22. The van der Waals surface area contributed by atoms with Gasteiger partial charge in [-0.3, -0.25) is 4.79 Å². The van der Waals surface area contributed by atoms with E-state index in [0.717, 1.165) is 37.3 Å². The fraction of sp³-hybridized carbons (Fsp3) is 0.833. The topological polar surface area (TPSA) is 67.8 Å². The molecular weight excluding hydrogens is 360 g/mol. The highest BCUT2D eigenvalue weighted by Gasteiger charge is 2.24. The molecule has 166 valence electrons. The van der Waals surface area contributed by atoms with E-state index in [9.17, 15) is 4.79 Å². The SMILES string of the molecule is CCCCCC(CC)c1nc(C(=O)NC(C)(C)C)nc(C(CC)CCCCC)n1. The lowest BCUT2D eigenvalue weighted by molar-refractivity contribution is 0.0907. The molecule has 1 N–H and O–H groups in total.